The van der Waals surface area contributed by atoms with Crippen LogP contribution in [-0.2, 0) is 11.3 Å². The highest BCUT2D eigenvalue weighted by Gasteiger charge is 2.32. The summed E-state index contributed by atoms with van der Waals surface area (Å²) in [5.74, 6) is -0.132. The fourth-order valence-electron chi connectivity index (χ4n) is 5.04. The number of nitrogens with one attached hydrogen (secondary N) is 1. The van der Waals surface area contributed by atoms with Gasteiger partial charge >= 0.3 is 13.1 Å². The molecule has 0 spiro atoms. The van der Waals surface area contributed by atoms with Crippen LogP contribution in [0.4, 0.5) is 23.4 Å². The minimum atomic E-state index is -5.35. The number of rotatable bonds is 6. The van der Waals surface area contributed by atoms with E-state index < -0.39 is 18.5 Å². The van der Waals surface area contributed by atoms with Crippen molar-refractivity contribution in [2.45, 2.75) is 33.2 Å². The molecule has 10 heteroatoms. The molecule has 1 aliphatic rings. The molecule has 0 saturated heterocycles. The Labute approximate surface area is 200 Å². The molecule has 0 bridgehead atoms. The Balaban J connectivity index is 1.53. The third-order valence-electron chi connectivity index (χ3n) is 6.65. The van der Waals surface area contributed by atoms with Crippen LogP contribution in [0.15, 0.2) is 53.6 Å². The highest BCUT2D eigenvalue weighted by molar-refractivity contribution is 6.74. The second kappa shape index (κ2) is 9.39. The van der Waals surface area contributed by atoms with E-state index in [9.17, 15) is 17.7 Å². The molecule has 6 nitrogen and oxygen atoms in total. The lowest BCUT2D eigenvalue weighted by molar-refractivity contribution is 0.142. The van der Waals surface area contributed by atoms with Gasteiger partial charge < -0.3 is 23.0 Å². The van der Waals surface area contributed by atoms with Crippen LogP contribution in [0.25, 0.3) is 21.6 Å². The number of azide groups is 1. The Hall–Kier alpha value is -3.91. The van der Waals surface area contributed by atoms with Crippen molar-refractivity contribution in [2.75, 3.05) is 6.61 Å². The van der Waals surface area contributed by atoms with Gasteiger partial charge in [0.1, 0.15) is 6.61 Å². The summed E-state index contributed by atoms with van der Waals surface area (Å²) in [5, 5.41) is 6.05. The van der Waals surface area contributed by atoms with Crippen molar-refractivity contribution in [1.82, 2.24) is 5.32 Å². The molecule has 0 unspecified atom stereocenters. The lowest BCUT2D eigenvalue weighted by atomic mass is 9.71. The summed E-state index contributed by atoms with van der Waals surface area (Å²) < 4.78 is 46.9. The molecule has 1 N–H and O–H groups in total. The SMILES string of the molecule is Cc1c(CNC(=O)OCC2c3ccccc3-c3ccccc32)c(C)c([B-](F)(F)F)c(C)c1N=[N+]=[N-]. The average Bonchev–Trinajstić information content (AvgIpc) is 3.13. The molecule has 3 aromatic carbocycles. The van der Waals surface area contributed by atoms with Gasteiger partial charge in [0.2, 0.25) is 0 Å². The first-order chi connectivity index (χ1) is 16.6. The predicted octanol–water partition coefficient (Wildman–Crippen LogP) is 6.65. The van der Waals surface area contributed by atoms with E-state index in [0.29, 0.717) is 5.56 Å². The molecule has 3 aromatic rings. The number of halogens is 3. The Kier molecular flexibility index (Phi) is 6.50. The van der Waals surface area contributed by atoms with E-state index in [1.54, 1.807) is 6.92 Å². The molecular formula is C25H23BF3N4O2-. The van der Waals surface area contributed by atoms with E-state index in [1.807, 2.05) is 48.5 Å². The fraction of sp³-hybridized carbons (Fsp3) is 0.240. The van der Waals surface area contributed by atoms with Gasteiger partial charge in [0.15, 0.2) is 0 Å². The normalized spacial score (nSPS) is 12.5. The zero-order chi connectivity index (χ0) is 25.3. The number of hydrogen-bond acceptors (Lipinski definition) is 3. The van der Waals surface area contributed by atoms with E-state index in [1.165, 1.54) is 13.8 Å². The predicted molar refractivity (Wildman–Crippen MR) is 130 cm³/mol. The van der Waals surface area contributed by atoms with Crippen molar-refractivity contribution < 1.29 is 22.5 Å². The van der Waals surface area contributed by atoms with Crippen molar-refractivity contribution >= 4 is 24.2 Å². The molecule has 0 heterocycles. The lowest BCUT2D eigenvalue weighted by Crippen LogP contribution is -2.40. The third kappa shape index (κ3) is 4.45. The number of nitrogens with zero attached hydrogens (tertiary/aromatic N) is 3. The van der Waals surface area contributed by atoms with Gasteiger partial charge in [-0.15, -0.1) is 5.46 Å². The first-order valence-corrected chi connectivity index (χ1v) is 11.1. The van der Waals surface area contributed by atoms with E-state index >= 15 is 0 Å². The van der Waals surface area contributed by atoms with Crippen LogP contribution in [0.2, 0.25) is 0 Å². The fourth-order valence-corrected chi connectivity index (χ4v) is 5.04. The minimum Gasteiger partial charge on any atom is -0.449 e. The van der Waals surface area contributed by atoms with Crippen molar-refractivity contribution in [2.24, 2.45) is 5.11 Å². The second-order valence-electron chi connectivity index (χ2n) is 8.56. The quantitative estimate of drug-likeness (QED) is 0.186. The van der Waals surface area contributed by atoms with Gasteiger partial charge in [-0.05, 0) is 59.7 Å². The van der Waals surface area contributed by atoms with Crippen LogP contribution in [0.3, 0.4) is 0 Å². The molecule has 0 fully saturated rings. The summed E-state index contributed by atoms with van der Waals surface area (Å²) in [6.45, 7) is -1.23. The molecular weight excluding hydrogens is 456 g/mol. The first-order valence-electron chi connectivity index (χ1n) is 11.1. The highest BCUT2D eigenvalue weighted by atomic mass is 19.4. The average molecular weight is 479 g/mol. The van der Waals surface area contributed by atoms with Gasteiger partial charge in [-0.25, -0.2) is 4.79 Å². The van der Waals surface area contributed by atoms with Crippen LogP contribution < -0.4 is 10.8 Å². The molecule has 35 heavy (non-hydrogen) atoms. The number of ether oxygens (including phenoxy) is 1. The molecule has 1 aliphatic carbocycles. The molecule has 0 saturated carbocycles. The topological polar surface area (TPSA) is 87.1 Å². The van der Waals surface area contributed by atoms with Gasteiger partial charge in [-0.2, -0.15) is 0 Å². The monoisotopic (exact) mass is 479 g/mol. The van der Waals surface area contributed by atoms with Crippen molar-refractivity contribution in [3.63, 3.8) is 0 Å². The number of benzene rings is 3. The Bertz CT molecular complexity index is 1320. The van der Waals surface area contributed by atoms with E-state index in [4.69, 9.17) is 10.3 Å². The highest BCUT2D eigenvalue weighted by Crippen LogP contribution is 2.44. The summed E-state index contributed by atoms with van der Waals surface area (Å²) in [7, 11) is 0. The summed E-state index contributed by atoms with van der Waals surface area (Å²) >= 11 is 0. The summed E-state index contributed by atoms with van der Waals surface area (Å²) in [6, 6.07) is 15.8. The standard InChI is InChI=1S/C25H23BF3N4O2/c1-14-21(15(2)24(32-33-30)16(3)23(14)26(27,28)29)12-31-25(34)35-13-22-19-10-6-4-8-17(19)18-9-5-7-11-20(18)22/h4-11,22H,12-13H2,1-3H3,(H,31,34)/q-1. The molecule has 0 radical (unpaired) electrons. The smallest absolute Gasteiger partial charge is 0.449 e. The maximum atomic E-state index is 13.8. The third-order valence-corrected chi connectivity index (χ3v) is 6.65. The minimum absolute atomic E-state index is 0.00309. The number of hydrogen-bond donors (Lipinski definition) is 1. The second-order valence-corrected chi connectivity index (χ2v) is 8.56. The van der Waals surface area contributed by atoms with E-state index in [-0.39, 0.29) is 41.4 Å². The zero-order valence-corrected chi connectivity index (χ0v) is 19.5. The number of fused-ring (bicyclic) bond motifs is 3. The van der Waals surface area contributed by atoms with Gasteiger partial charge in [0, 0.05) is 23.1 Å². The summed E-state index contributed by atoms with van der Waals surface area (Å²) in [5.41, 5.74) is 12.8. The van der Waals surface area contributed by atoms with E-state index in [0.717, 1.165) is 22.3 Å². The lowest BCUT2D eigenvalue weighted by Gasteiger charge is -2.27. The van der Waals surface area contributed by atoms with Crippen molar-refractivity contribution in [1.29, 1.82) is 0 Å². The van der Waals surface area contributed by atoms with E-state index in [2.05, 4.69) is 15.3 Å². The molecule has 0 aromatic heterocycles. The number of carbonyl (C=O) groups excluding carboxylic acids is 1. The molecule has 0 aliphatic heterocycles. The van der Waals surface area contributed by atoms with Crippen LogP contribution in [0, 0.1) is 20.8 Å². The van der Waals surface area contributed by atoms with Crippen LogP contribution >= 0.6 is 0 Å². The molecule has 180 valence electrons. The van der Waals surface area contributed by atoms with Crippen molar-refractivity contribution in [3.05, 3.63) is 92.4 Å². The maximum absolute atomic E-state index is 13.8. The summed E-state index contributed by atoms with van der Waals surface area (Å²) in [6.07, 6.45) is -0.740. The van der Waals surface area contributed by atoms with Crippen molar-refractivity contribution in [3.8, 4) is 11.1 Å². The van der Waals surface area contributed by atoms with Crippen LogP contribution in [0.5, 0.6) is 0 Å². The van der Waals surface area contributed by atoms with Gasteiger partial charge in [-0.3, -0.25) is 0 Å². The Morgan fingerprint density at radius 3 is 2.11 bits per heavy atom. The van der Waals surface area contributed by atoms with Gasteiger partial charge in [0.05, 0.1) is 0 Å². The first kappa shape index (κ1) is 24.2. The molecule has 4 rings (SSSR count). The van der Waals surface area contributed by atoms with Crippen LogP contribution in [0.1, 0.15) is 39.3 Å². The van der Waals surface area contributed by atoms with Crippen LogP contribution in [-0.4, -0.2) is 19.7 Å². The van der Waals surface area contributed by atoms with Gasteiger partial charge in [0.25, 0.3) is 0 Å². The molecule has 0 atom stereocenters. The number of amides is 1. The Morgan fingerprint density at radius 2 is 1.57 bits per heavy atom. The number of alkyl carbamates (subject to hydrolysis) is 1. The number of carbonyl (C=O) groups is 1. The Morgan fingerprint density at radius 1 is 1.00 bits per heavy atom. The van der Waals surface area contributed by atoms with Gasteiger partial charge in [-0.1, -0.05) is 64.8 Å². The zero-order valence-electron chi connectivity index (χ0n) is 19.5. The molecule has 1 amide bonds. The summed E-state index contributed by atoms with van der Waals surface area (Å²) in [4.78, 5) is 15.2. The maximum Gasteiger partial charge on any atom is 0.510 e. The largest absolute Gasteiger partial charge is 0.510 e.